The van der Waals surface area contributed by atoms with E-state index in [4.69, 9.17) is 10.5 Å². The second kappa shape index (κ2) is 7.79. The maximum Gasteiger partial charge on any atom is 0.278 e. The van der Waals surface area contributed by atoms with Crippen LogP contribution >= 0.6 is 0 Å². The molecule has 0 bridgehead atoms. The predicted molar refractivity (Wildman–Crippen MR) is 110 cm³/mol. The van der Waals surface area contributed by atoms with Crippen LogP contribution in [0, 0.1) is 12.7 Å². The third-order valence-electron chi connectivity index (χ3n) is 5.50. The van der Waals surface area contributed by atoms with Gasteiger partial charge >= 0.3 is 0 Å². The number of nitrogens with zero attached hydrogens (tertiary/aromatic N) is 3. The Hall–Kier alpha value is -3.39. The fourth-order valence-corrected chi connectivity index (χ4v) is 3.86. The van der Waals surface area contributed by atoms with Crippen LogP contribution in [0.3, 0.4) is 0 Å². The van der Waals surface area contributed by atoms with Crippen LogP contribution in [0.1, 0.15) is 27.5 Å². The SMILES string of the molecule is COc1ccc([C@@H]2CN(C(=O)c3nn(-c4ccc(F)cc4C)cc3O)C[C@H]2N)cc1. The van der Waals surface area contributed by atoms with Crippen molar-refractivity contribution in [3.05, 3.63) is 71.3 Å². The fraction of sp³-hybridized carbons (Fsp3) is 0.273. The van der Waals surface area contributed by atoms with Crippen LogP contribution in [0.5, 0.6) is 11.5 Å². The van der Waals surface area contributed by atoms with Gasteiger partial charge in [0.15, 0.2) is 11.4 Å². The van der Waals surface area contributed by atoms with Crippen molar-refractivity contribution >= 4 is 5.91 Å². The lowest BCUT2D eigenvalue weighted by atomic mass is 9.95. The third-order valence-corrected chi connectivity index (χ3v) is 5.50. The van der Waals surface area contributed by atoms with Gasteiger partial charge in [0, 0.05) is 25.0 Å². The van der Waals surface area contributed by atoms with E-state index in [1.165, 1.54) is 23.0 Å². The van der Waals surface area contributed by atoms with E-state index in [-0.39, 0.29) is 29.2 Å². The molecule has 1 saturated heterocycles. The Kier molecular flexibility index (Phi) is 5.17. The van der Waals surface area contributed by atoms with Gasteiger partial charge in [0.2, 0.25) is 0 Å². The van der Waals surface area contributed by atoms with Crippen molar-refractivity contribution < 1.29 is 19.0 Å². The number of methoxy groups -OCH3 is 1. The molecular weight excluding hydrogens is 387 g/mol. The summed E-state index contributed by atoms with van der Waals surface area (Å²) in [5.74, 6) is -0.254. The van der Waals surface area contributed by atoms with Gasteiger partial charge in [-0.1, -0.05) is 12.1 Å². The zero-order chi connectivity index (χ0) is 21.4. The topological polar surface area (TPSA) is 93.6 Å². The minimum absolute atomic E-state index is 0.0246. The average Bonchev–Trinajstić information content (AvgIpc) is 3.30. The van der Waals surface area contributed by atoms with Crippen LogP contribution in [0.15, 0.2) is 48.7 Å². The molecule has 0 spiro atoms. The van der Waals surface area contributed by atoms with Crippen LogP contribution < -0.4 is 10.5 Å². The van der Waals surface area contributed by atoms with Gasteiger partial charge < -0.3 is 20.5 Å². The minimum Gasteiger partial charge on any atom is -0.504 e. The van der Waals surface area contributed by atoms with Crippen LogP contribution in [-0.4, -0.2) is 51.9 Å². The highest BCUT2D eigenvalue weighted by molar-refractivity contribution is 5.95. The van der Waals surface area contributed by atoms with E-state index in [0.717, 1.165) is 11.3 Å². The van der Waals surface area contributed by atoms with Crippen molar-refractivity contribution in [1.29, 1.82) is 0 Å². The molecule has 1 aliphatic heterocycles. The second-order valence-corrected chi connectivity index (χ2v) is 7.49. The number of likely N-dealkylation sites (tertiary alicyclic amines) is 1. The molecule has 1 aliphatic rings. The second-order valence-electron chi connectivity index (χ2n) is 7.49. The molecule has 1 aromatic heterocycles. The smallest absolute Gasteiger partial charge is 0.278 e. The molecule has 0 saturated carbocycles. The number of rotatable bonds is 4. The Labute approximate surface area is 173 Å². The van der Waals surface area contributed by atoms with Gasteiger partial charge in [0.05, 0.1) is 19.0 Å². The molecule has 0 radical (unpaired) electrons. The number of halogens is 1. The lowest BCUT2D eigenvalue weighted by Gasteiger charge is -2.16. The molecule has 8 heteroatoms. The van der Waals surface area contributed by atoms with Gasteiger partial charge in [0.1, 0.15) is 11.6 Å². The molecule has 30 heavy (non-hydrogen) atoms. The number of amides is 1. The van der Waals surface area contributed by atoms with Gasteiger partial charge in [-0.05, 0) is 48.4 Å². The van der Waals surface area contributed by atoms with E-state index in [9.17, 15) is 14.3 Å². The summed E-state index contributed by atoms with van der Waals surface area (Å²) in [6, 6.07) is 11.6. The molecular formula is C22H23FN4O3. The molecule has 0 unspecified atom stereocenters. The van der Waals surface area contributed by atoms with Gasteiger partial charge in [-0.15, -0.1) is 0 Å². The minimum atomic E-state index is -0.391. The lowest BCUT2D eigenvalue weighted by Crippen LogP contribution is -2.32. The number of carbonyl (C=O) groups excluding carboxylic acids is 1. The number of ether oxygens (including phenoxy) is 1. The Morgan fingerprint density at radius 3 is 2.63 bits per heavy atom. The maximum atomic E-state index is 13.4. The van der Waals surface area contributed by atoms with E-state index in [1.807, 2.05) is 24.3 Å². The largest absolute Gasteiger partial charge is 0.504 e. The predicted octanol–water partition coefficient (Wildman–Crippen LogP) is 2.60. The standard InChI is InChI=1S/C22H23FN4O3/c1-13-9-15(23)5-8-19(13)27-12-20(28)21(25-27)22(29)26-10-17(18(24)11-26)14-3-6-16(30-2)7-4-14/h3-9,12,17-18,28H,10-11,24H2,1-2H3/t17-,18+/m0/s1. The van der Waals surface area contributed by atoms with Crippen molar-refractivity contribution in [1.82, 2.24) is 14.7 Å². The summed E-state index contributed by atoms with van der Waals surface area (Å²) in [6.45, 7) is 2.52. The zero-order valence-corrected chi connectivity index (χ0v) is 16.7. The maximum absolute atomic E-state index is 13.4. The van der Waals surface area contributed by atoms with Crippen LogP contribution in [-0.2, 0) is 0 Å². The monoisotopic (exact) mass is 410 g/mol. The van der Waals surface area contributed by atoms with E-state index in [2.05, 4.69) is 5.10 Å². The first-order valence-electron chi connectivity index (χ1n) is 9.61. The van der Waals surface area contributed by atoms with E-state index >= 15 is 0 Å². The molecule has 1 amide bonds. The van der Waals surface area contributed by atoms with Crippen molar-refractivity contribution in [2.24, 2.45) is 5.73 Å². The summed E-state index contributed by atoms with van der Waals surface area (Å²) in [5.41, 5.74) is 8.50. The van der Waals surface area contributed by atoms with Gasteiger partial charge in [-0.2, -0.15) is 5.10 Å². The molecule has 0 aliphatic carbocycles. The number of hydrogen-bond acceptors (Lipinski definition) is 5. The Morgan fingerprint density at radius 1 is 1.23 bits per heavy atom. The highest BCUT2D eigenvalue weighted by atomic mass is 19.1. The molecule has 156 valence electrons. The van der Waals surface area contributed by atoms with Crippen LogP contribution in [0.2, 0.25) is 0 Å². The van der Waals surface area contributed by atoms with Gasteiger partial charge in [-0.3, -0.25) is 4.79 Å². The van der Waals surface area contributed by atoms with E-state index < -0.39 is 5.91 Å². The lowest BCUT2D eigenvalue weighted by molar-refractivity contribution is 0.0780. The summed E-state index contributed by atoms with van der Waals surface area (Å²) >= 11 is 0. The molecule has 2 aromatic carbocycles. The zero-order valence-electron chi connectivity index (χ0n) is 16.7. The Balaban J connectivity index is 1.55. The number of hydrogen-bond donors (Lipinski definition) is 2. The molecule has 4 rings (SSSR count). The highest BCUT2D eigenvalue weighted by Crippen LogP contribution is 2.30. The summed E-state index contributed by atoms with van der Waals surface area (Å²) in [4.78, 5) is 14.6. The number of aryl methyl sites for hydroxylation is 1. The van der Waals surface area contributed by atoms with Crippen molar-refractivity contribution in [2.75, 3.05) is 20.2 Å². The average molecular weight is 410 g/mol. The third kappa shape index (κ3) is 3.61. The molecule has 1 fully saturated rings. The number of carbonyl (C=O) groups is 1. The molecule has 7 nitrogen and oxygen atoms in total. The Bertz CT molecular complexity index is 1080. The molecule has 3 aromatic rings. The highest BCUT2D eigenvalue weighted by Gasteiger charge is 2.36. The van der Waals surface area contributed by atoms with E-state index in [1.54, 1.807) is 25.0 Å². The van der Waals surface area contributed by atoms with Crippen molar-refractivity contribution in [3.63, 3.8) is 0 Å². The quantitative estimate of drug-likeness (QED) is 0.690. The molecule has 2 heterocycles. The van der Waals surface area contributed by atoms with Gasteiger partial charge in [0.25, 0.3) is 5.91 Å². The summed E-state index contributed by atoms with van der Waals surface area (Å²) in [5, 5.41) is 14.6. The summed E-state index contributed by atoms with van der Waals surface area (Å²) in [7, 11) is 1.61. The number of benzene rings is 2. The summed E-state index contributed by atoms with van der Waals surface area (Å²) in [6.07, 6.45) is 1.35. The van der Waals surface area contributed by atoms with E-state index in [0.29, 0.717) is 24.3 Å². The number of nitrogens with two attached hydrogens (primary N) is 1. The first kappa shape index (κ1) is 19.9. The first-order chi connectivity index (χ1) is 14.4. The fourth-order valence-electron chi connectivity index (χ4n) is 3.86. The first-order valence-corrected chi connectivity index (χ1v) is 9.61. The normalized spacial score (nSPS) is 18.6. The number of aromatic hydroxyl groups is 1. The van der Waals surface area contributed by atoms with Crippen molar-refractivity contribution in [3.8, 4) is 17.2 Å². The summed E-state index contributed by atoms with van der Waals surface area (Å²) < 4.78 is 19.9. The van der Waals surface area contributed by atoms with Crippen LogP contribution in [0.4, 0.5) is 4.39 Å². The molecule has 2 atom stereocenters. The van der Waals surface area contributed by atoms with Crippen LogP contribution in [0.25, 0.3) is 5.69 Å². The number of aromatic nitrogens is 2. The molecule has 3 N–H and O–H groups in total. The van der Waals surface area contributed by atoms with Gasteiger partial charge in [-0.25, -0.2) is 9.07 Å². The Morgan fingerprint density at radius 2 is 1.97 bits per heavy atom. The van der Waals surface area contributed by atoms with Crippen molar-refractivity contribution in [2.45, 2.75) is 18.9 Å².